The molecule has 0 atom stereocenters. The molecule has 1 aliphatic rings. The van der Waals surface area contributed by atoms with Crippen molar-refractivity contribution < 1.29 is 18.7 Å². The molecule has 0 bridgehead atoms. The topological polar surface area (TPSA) is 63.0 Å². The Kier molecular flexibility index (Phi) is 7.08. The second kappa shape index (κ2) is 9.58. The van der Waals surface area contributed by atoms with Crippen LogP contribution in [0.5, 0.6) is 5.75 Å². The molecule has 31 heavy (non-hydrogen) atoms. The van der Waals surface area contributed by atoms with Gasteiger partial charge >= 0.3 is 0 Å². The van der Waals surface area contributed by atoms with Crippen LogP contribution in [-0.2, 0) is 16.8 Å². The van der Waals surface area contributed by atoms with Gasteiger partial charge in [0.05, 0.1) is 12.2 Å². The smallest absolute Gasteiger partial charge is 0.289 e. The largest absolute Gasteiger partial charge is 0.482 e. The van der Waals surface area contributed by atoms with Crippen molar-refractivity contribution in [2.75, 3.05) is 24.6 Å². The van der Waals surface area contributed by atoms with Crippen molar-refractivity contribution in [1.29, 1.82) is 0 Å². The molecule has 2 amide bonds. The Labute approximate surface area is 185 Å². The molecule has 0 saturated carbocycles. The third-order valence-corrected chi connectivity index (χ3v) is 6.03. The molecule has 0 aliphatic carbocycles. The maximum Gasteiger partial charge on any atom is 0.289 e. The van der Waals surface area contributed by atoms with E-state index in [0.717, 1.165) is 30.5 Å². The van der Waals surface area contributed by atoms with Crippen LogP contribution in [0.15, 0.2) is 34.7 Å². The van der Waals surface area contributed by atoms with Crippen LogP contribution in [0.4, 0.5) is 5.69 Å². The van der Waals surface area contributed by atoms with E-state index in [0.29, 0.717) is 30.4 Å². The lowest BCUT2D eigenvalue weighted by atomic mass is 9.82. The first kappa shape index (κ1) is 22.9. The number of carbonyl (C=O) groups is 2. The number of hydrogen-bond acceptors (Lipinski definition) is 4. The van der Waals surface area contributed by atoms with Crippen molar-refractivity contribution in [3.05, 3.63) is 47.4 Å². The van der Waals surface area contributed by atoms with Gasteiger partial charge in [-0.1, -0.05) is 40.7 Å². The summed E-state index contributed by atoms with van der Waals surface area (Å²) in [6.45, 7) is 12.3. The summed E-state index contributed by atoms with van der Waals surface area (Å²) >= 11 is 0. The number of furan rings is 1. The summed E-state index contributed by atoms with van der Waals surface area (Å²) in [4.78, 5) is 29.0. The van der Waals surface area contributed by atoms with E-state index in [-0.39, 0.29) is 30.4 Å². The minimum absolute atomic E-state index is 0.00318. The number of nitrogens with zero attached hydrogens (tertiary/aromatic N) is 2. The van der Waals surface area contributed by atoms with Crippen molar-refractivity contribution in [2.24, 2.45) is 0 Å². The van der Waals surface area contributed by atoms with Gasteiger partial charge in [-0.15, -0.1) is 0 Å². The lowest BCUT2D eigenvalue weighted by Gasteiger charge is -2.31. The highest BCUT2D eigenvalue weighted by molar-refractivity contribution is 5.98. The second-order valence-corrected chi connectivity index (χ2v) is 8.75. The molecule has 3 rings (SSSR count). The Hall–Kier alpha value is -2.76. The molecule has 0 spiro atoms. The molecule has 2 heterocycles. The van der Waals surface area contributed by atoms with Gasteiger partial charge in [0.25, 0.3) is 11.8 Å². The Morgan fingerprint density at radius 1 is 1.10 bits per heavy atom. The molecule has 1 aliphatic heterocycles. The highest BCUT2D eigenvalue weighted by Gasteiger charge is 2.29. The fourth-order valence-corrected chi connectivity index (χ4v) is 3.74. The minimum atomic E-state index is -0.123. The summed E-state index contributed by atoms with van der Waals surface area (Å²) in [5, 5.41) is 0. The molecular weight excluding hydrogens is 392 g/mol. The normalized spacial score (nSPS) is 13.7. The minimum Gasteiger partial charge on any atom is -0.482 e. The third-order valence-electron chi connectivity index (χ3n) is 6.03. The number of anilines is 1. The van der Waals surface area contributed by atoms with E-state index in [9.17, 15) is 9.59 Å². The molecule has 0 radical (unpaired) electrons. The summed E-state index contributed by atoms with van der Waals surface area (Å²) in [5.41, 5.74) is 1.90. The maximum atomic E-state index is 12.8. The molecule has 1 aromatic heterocycles. The summed E-state index contributed by atoms with van der Waals surface area (Å²) in [6, 6.07) is 9.53. The van der Waals surface area contributed by atoms with Crippen molar-refractivity contribution in [3.8, 4) is 5.75 Å². The highest BCUT2D eigenvalue weighted by Crippen LogP contribution is 2.38. The lowest BCUT2D eigenvalue weighted by molar-refractivity contribution is -0.121. The maximum absolute atomic E-state index is 12.8. The molecular formula is C25H34N2O4. The fourth-order valence-electron chi connectivity index (χ4n) is 3.74. The monoisotopic (exact) mass is 426 g/mol. The third kappa shape index (κ3) is 4.94. The molecule has 0 N–H and O–H groups in total. The van der Waals surface area contributed by atoms with Crippen LogP contribution in [0.25, 0.3) is 0 Å². The molecule has 0 unspecified atom stereocenters. The van der Waals surface area contributed by atoms with E-state index >= 15 is 0 Å². The summed E-state index contributed by atoms with van der Waals surface area (Å²) in [6.07, 6.45) is 2.78. The lowest BCUT2D eigenvalue weighted by Crippen LogP contribution is -2.38. The van der Waals surface area contributed by atoms with E-state index in [4.69, 9.17) is 9.15 Å². The van der Waals surface area contributed by atoms with Gasteiger partial charge in [-0.3, -0.25) is 14.5 Å². The van der Waals surface area contributed by atoms with Crippen molar-refractivity contribution in [1.82, 2.24) is 4.90 Å². The molecule has 168 valence electrons. The quantitative estimate of drug-likeness (QED) is 0.556. The van der Waals surface area contributed by atoms with E-state index in [1.807, 2.05) is 17.0 Å². The van der Waals surface area contributed by atoms with Crippen LogP contribution in [0.1, 0.15) is 75.8 Å². The number of carbonyl (C=O) groups excluding carboxylic acids is 2. The van der Waals surface area contributed by atoms with Crippen LogP contribution < -0.4 is 9.64 Å². The average molecular weight is 427 g/mol. The van der Waals surface area contributed by atoms with Gasteiger partial charge in [0.15, 0.2) is 12.4 Å². The SMILES string of the molecule is CCCN(CCC)C(=O)c1ccc(CN2C(=O)COc3ccc(C(C)(C)CC)cc32)o1. The van der Waals surface area contributed by atoms with Crippen LogP contribution in [-0.4, -0.2) is 36.4 Å². The van der Waals surface area contributed by atoms with E-state index < -0.39 is 0 Å². The van der Waals surface area contributed by atoms with Gasteiger partial charge in [-0.25, -0.2) is 0 Å². The Morgan fingerprint density at radius 3 is 2.45 bits per heavy atom. The van der Waals surface area contributed by atoms with Gasteiger partial charge in [-0.2, -0.15) is 0 Å². The zero-order chi connectivity index (χ0) is 22.6. The van der Waals surface area contributed by atoms with Crippen molar-refractivity contribution >= 4 is 17.5 Å². The second-order valence-electron chi connectivity index (χ2n) is 8.75. The first-order valence-electron chi connectivity index (χ1n) is 11.3. The van der Waals surface area contributed by atoms with Gasteiger partial charge < -0.3 is 14.1 Å². The molecule has 0 fully saturated rings. The molecule has 6 nitrogen and oxygen atoms in total. The molecule has 2 aromatic rings. The molecule has 0 saturated heterocycles. The van der Waals surface area contributed by atoms with Crippen molar-refractivity contribution in [2.45, 2.75) is 65.8 Å². The van der Waals surface area contributed by atoms with E-state index in [2.05, 4.69) is 40.7 Å². The van der Waals surface area contributed by atoms with Gasteiger partial charge in [0.1, 0.15) is 11.5 Å². The van der Waals surface area contributed by atoms with Crippen LogP contribution >= 0.6 is 0 Å². The zero-order valence-corrected chi connectivity index (χ0v) is 19.4. The predicted octanol–water partition coefficient (Wildman–Crippen LogP) is 5.16. The Bertz CT molecular complexity index is 925. The first-order valence-corrected chi connectivity index (χ1v) is 11.3. The standard InChI is InChI=1S/C25H34N2O4/c1-6-13-26(14-7-2)24(29)22-12-10-19(31-22)16-27-20-15-18(25(4,5)8-3)9-11-21(20)30-17-23(27)28/h9-12,15H,6-8,13-14,16-17H2,1-5H3. The van der Waals surface area contributed by atoms with Gasteiger partial charge in [0, 0.05) is 13.1 Å². The van der Waals surface area contributed by atoms with Gasteiger partial charge in [0.2, 0.25) is 0 Å². The highest BCUT2D eigenvalue weighted by atomic mass is 16.5. The molecule has 1 aromatic carbocycles. The molecule has 6 heteroatoms. The number of hydrogen-bond donors (Lipinski definition) is 0. The van der Waals surface area contributed by atoms with Crippen LogP contribution in [0.2, 0.25) is 0 Å². The number of benzene rings is 1. The first-order chi connectivity index (χ1) is 14.8. The number of fused-ring (bicyclic) bond motifs is 1. The average Bonchev–Trinajstić information content (AvgIpc) is 3.23. The summed E-state index contributed by atoms with van der Waals surface area (Å²) < 4.78 is 11.5. The zero-order valence-electron chi connectivity index (χ0n) is 19.4. The van der Waals surface area contributed by atoms with Crippen molar-refractivity contribution in [3.63, 3.8) is 0 Å². The number of amides is 2. The van der Waals surface area contributed by atoms with Gasteiger partial charge in [-0.05, 0) is 54.5 Å². The predicted molar refractivity (Wildman–Crippen MR) is 122 cm³/mol. The van der Waals surface area contributed by atoms with E-state index in [1.54, 1.807) is 17.0 Å². The van der Waals surface area contributed by atoms with E-state index in [1.165, 1.54) is 0 Å². The van der Waals surface area contributed by atoms with Crippen LogP contribution in [0, 0.1) is 0 Å². The van der Waals surface area contributed by atoms with Crippen LogP contribution in [0.3, 0.4) is 0 Å². The summed E-state index contributed by atoms with van der Waals surface area (Å²) in [7, 11) is 0. The number of ether oxygens (including phenoxy) is 1. The fraction of sp³-hybridized carbons (Fsp3) is 0.520. The summed E-state index contributed by atoms with van der Waals surface area (Å²) in [5.74, 6) is 1.36. The Balaban J connectivity index is 1.85. The number of rotatable bonds is 9. The Morgan fingerprint density at radius 2 is 1.81 bits per heavy atom.